The SMILES string of the molecule is [Ir+4].[O-2].[O-2].[Rh]. The molecule has 0 saturated carbocycles. The summed E-state index contributed by atoms with van der Waals surface area (Å²) in [6.07, 6.45) is 0. The Labute approximate surface area is 50.7 Å². The zero-order valence-corrected chi connectivity index (χ0v) is 5.52. The Morgan fingerprint density at radius 1 is 0.750 bits per heavy atom. The van der Waals surface area contributed by atoms with E-state index in [4.69, 9.17) is 0 Å². The Morgan fingerprint density at radius 2 is 0.750 bits per heavy atom. The molecule has 0 spiro atoms. The summed E-state index contributed by atoms with van der Waals surface area (Å²) in [5.74, 6) is 0. The summed E-state index contributed by atoms with van der Waals surface area (Å²) in [5.41, 5.74) is 0. The molecule has 0 saturated heterocycles. The maximum absolute atomic E-state index is 0. The zero-order chi connectivity index (χ0) is 0. The summed E-state index contributed by atoms with van der Waals surface area (Å²) in [6, 6.07) is 0. The zero-order valence-electron chi connectivity index (χ0n) is 1.48. The van der Waals surface area contributed by atoms with Crippen LogP contribution in [-0.2, 0) is 50.5 Å². The molecule has 2 nitrogen and oxygen atoms in total. The molecule has 0 bridgehead atoms. The first-order valence-corrected chi connectivity index (χ1v) is 0. The minimum Gasteiger partial charge on any atom is -2.00 e. The van der Waals surface area contributed by atoms with Gasteiger partial charge in [0, 0.05) is 19.5 Å². The molecular formula is IrO2Rh. The van der Waals surface area contributed by atoms with E-state index < -0.39 is 0 Å². The predicted molar refractivity (Wildman–Crippen MR) is 1.37 cm³/mol. The number of rotatable bonds is 0. The fourth-order valence-electron chi connectivity index (χ4n) is 0. The minimum absolute atomic E-state index is 0. The average molecular weight is 327 g/mol. The van der Waals surface area contributed by atoms with Crippen molar-refractivity contribution in [3.05, 3.63) is 0 Å². The van der Waals surface area contributed by atoms with E-state index in [0.29, 0.717) is 0 Å². The fraction of sp³-hybridized carbons (Fsp3) is 0. The minimum atomic E-state index is 0. The van der Waals surface area contributed by atoms with Crippen molar-refractivity contribution in [2.24, 2.45) is 0 Å². The second-order valence-electron chi connectivity index (χ2n) is 0. The predicted octanol–water partition coefficient (Wildman–Crippen LogP) is -0.243. The topological polar surface area (TPSA) is 57.0 Å². The van der Waals surface area contributed by atoms with E-state index >= 15 is 0 Å². The van der Waals surface area contributed by atoms with E-state index in [1.165, 1.54) is 0 Å². The summed E-state index contributed by atoms with van der Waals surface area (Å²) in [6.45, 7) is 0. The Morgan fingerprint density at radius 3 is 0.750 bits per heavy atom. The van der Waals surface area contributed by atoms with Crippen LogP contribution in [0.25, 0.3) is 0 Å². The molecule has 0 fully saturated rings. The van der Waals surface area contributed by atoms with Crippen molar-refractivity contribution in [1.29, 1.82) is 0 Å². The van der Waals surface area contributed by atoms with Crippen molar-refractivity contribution in [2.45, 2.75) is 0 Å². The Bertz CT molecular complexity index is 6.00. The van der Waals surface area contributed by atoms with E-state index in [9.17, 15) is 0 Å². The summed E-state index contributed by atoms with van der Waals surface area (Å²) >= 11 is 0. The molecule has 0 aliphatic rings. The van der Waals surface area contributed by atoms with Crippen molar-refractivity contribution in [3.8, 4) is 0 Å². The summed E-state index contributed by atoms with van der Waals surface area (Å²) in [7, 11) is 0. The van der Waals surface area contributed by atoms with Crippen LogP contribution in [0, 0.1) is 0 Å². The largest absolute Gasteiger partial charge is 4.00 e. The Hall–Kier alpha value is 1.19. The maximum atomic E-state index is 0. The van der Waals surface area contributed by atoms with Crippen LogP contribution in [0.3, 0.4) is 0 Å². The van der Waals surface area contributed by atoms with E-state index in [1.54, 1.807) is 0 Å². The quantitative estimate of drug-likeness (QED) is 0.552. The van der Waals surface area contributed by atoms with Gasteiger partial charge in [0.15, 0.2) is 0 Å². The van der Waals surface area contributed by atoms with Gasteiger partial charge in [-0.05, 0) is 0 Å². The third-order valence-electron chi connectivity index (χ3n) is 0. The van der Waals surface area contributed by atoms with E-state index in [2.05, 4.69) is 0 Å². The van der Waals surface area contributed by atoms with Gasteiger partial charge in [0.2, 0.25) is 0 Å². The van der Waals surface area contributed by atoms with Gasteiger partial charge < -0.3 is 11.0 Å². The molecule has 0 amide bonds. The van der Waals surface area contributed by atoms with Crippen molar-refractivity contribution in [2.75, 3.05) is 0 Å². The molecular weight excluding hydrogens is 327 g/mol. The molecule has 0 atom stereocenters. The first kappa shape index (κ1) is 64.2. The third-order valence-corrected chi connectivity index (χ3v) is 0. The van der Waals surface area contributed by atoms with Gasteiger partial charge in [0.05, 0.1) is 0 Å². The molecule has 0 heterocycles. The van der Waals surface area contributed by atoms with Gasteiger partial charge in [-0.25, -0.2) is 0 Å². The average Bonchev–Trinajstić information content (AvgIpc) is 0. The molecule has 0 N–H and O–H groups in total. The summed E-state index contributed by atoms with van der Waals surface area (Å²) in [5, 5.41) is 0. The van der Waals surface area contributed by atoms with Gasteiger partial charge in [-0.2, -0.15) is 0 Å². The van der Waals surface area contributed by atoms with Crippen LogP contribution in [0.15, 0.2) is 0 Å². The Balaban J connectivity index is 0. The van der Waals surface area contributed by atoms with Crippen LogP contribution < -0.4 is 0 Å². The van der Waals surface area contributed by atoms with E-state index in [0.717, 1.165) is 0 Å². The molecule has 0 aliphatic heterocycles. The number of hydrogen-bond acceptors (Lipinski definition) is 0. The summed E-state index contributed by atoms with van der Waals surface area (Å²) < 4.78 is 0. The van der Waals surface area contributed by atoms with Crippen LogP contribution in [0.2, 0.25) is 0 Å². The maximum Gasteiger partial charge on any atom is 4.00 e. The molecule has 4 heteroatoms. The summed E-state index contributed by atoms with van der Waals surface area (Å²) in [4.78, 5) is 0. The third kappa shape index (κ3) is 10.8. The van der Waals surface area contributed by atoms with Crippen LogP contribution in [0.4, 0.5) is 0 Å². The molecule has 0 aromatic rings. The van der Waals surface area contributed by atoms with Crippen molar-refractivity contribution in [1.82, 2.24) is 0 Å². The molecule has 30 valence electrons. The van der Waals surface area contributed by atoms with Gasteiger partial charge in [-0.1, -0.05) is 0 Å². The van der Waals surface area contributed by atoms with Crippen LogP contribution >= 0.6 is 0 Å². The van der Waals surface area contributed by atoms with Gasteiger partial charge >= 0.3 is 20.1 Å². The van der Waals surface area contributed by atoms with Gasteiger partial charge in [-0.3, -0.25) is 0 Å². The monoisotopic (exact) mass is 328 g/mol. The normalized spacial score (nSPS) is 0. The first-order chi connectivity index (χ1) is 0. The molecule has 0 unspecified atom stereocenters. The smallest absolute Gasteiger partial charge is 2.00 e. The molecule has 0 aliphatic carbocycles. The van der Waals surface area contributed by atoms with Crippen LogP contribution in [0.1, 0.15) is 0 Å². The van der Waals surface area contributed by atoms with E-state index in [-0.39, 0.29) is 50.5 Å². The van der Waals surface area contributed by atoms with Crippen molar-refractivity contribution in [3.63, 3.8) is 0 Å². The molecule has 0 aromatic carbocycles. The fourth-order valence-corrected chi connectivity index (χ4v) is 0. The van der Waals surface area contributed by atoms with Gasteiger partial charge in [0.1, 0.15) is 0 Å². The van der Waals surface area contributed by atoms with Gasteiger partial charge in [0.25, 0.3) is 0 Å². The molecule has 4 heavy (non-hydrogen) atoms. The molecule has 0 aromatic heterocycles. The standard InChI is InChI=1S/Ir.2O.Rh/q+4;2*-2;. The number of hydrogen-bond donors (Lipinski definition) is 0. The second kappa shape index (κ2) is 30.0. The van der Waals surface area contributed by atoms with Crippen LogP contribution in [0.5, 0.6) is 0 Å². The first-order valence-electron chi connectivity index (χ1n) is 0. The molecule has 0 rings (SSSR count). The molecule has 2 radical (unpaired) electrons. The van der Waals surface area contributed by atoms with Gasteiger partial charge in [-0.15, -0.1) is 0 Å². The van der Waals surface area contributed by atoms with E-state index in [1.807, 2.05) is 0 Å². The van der Waals surface area contributed by atoms with Crippen molar-refractivity contribution < 1.29 is 50.5 Å². The Kier molecular flexibility index (Phi) is 482. The van der Waals surface area contributed by atoms with Crippen LogP contribution in [-0.4, -0.2) is 0 Å². The second-order valence-corrected chi connectivity index (χ2v) is 0. The van der Waals surface area contributed by atoms with Crippen molar-refractivity contribution >= 4 is 0 Å².